The van der Waals surface area contributed by atoms with Gasteiger partial charge < -0.3 is 4.98 Å². The van der Waals surface area contributed by atoms with Gasteiger partial charge in [0.1, 0.15) is 4.83 Å². The van der Waals surface area contributed by atoms with E-state index in [1.54, 1.807) is 11.3 Å². The number of nitrogens with zero attached hydrogens (tertiary/aromatic N) is 1. The molecule has 2 aromatic heterocycles. The van der Waals surface area contributed by atoms with Crippen molar-refractivity contribution in [3.8, 4) is 0 Å². The highest BCUT2D eigenvalue weighted by Crippen LogP contribution is 2.35. The number of aromatic nitrogens is 2. The lowest BCUT2D eigenvalue weighted by atomic mass is 9.85. The highest BCUT2D eigenvalue weighted by atomic mass is 32.1. The van der Waals surface area contributed by atoms with Crippen molar-refractivity contribution >= 4 is 21.6 Å². The molecule has 0 saturated carbocycles. The first kappa shape index (κ1) is 12.3. The van der Waals surface area contributed by atoms with E-state index in [4.69, 9.17) is 0 Å². The molecule has 0 aromatic carbocycles. The van der Waals surface area contributed by atoms with Crippen LogP contribution in [0.15, 0.2) is 17.2 Å². The molecule has 2 rings (SSSR count). The van der Waals surface area contributed by atoms with E-state index in [9.17, 15) is 4.79 Å². The van der Waals surface area contributed by atoms with Gasteiger partial charge in [-0.05, 0) is 23.8 Å². The summed E-state index contributed by atoms with van der Waals surface area (Å²) in [5.74, 6) is 0.466. The predicted octanol–water partition coefficient (Wildman–Crippen LogP) is 3.52. The molecule has 0 saturated heterocycles. The quantitative estimate of drug-likeness (QED) is 0.886. The van der Waals surface area contributed by atoms with E-state index in [0.717, 1.165) is 11.3 Å². The van der Waals surface area contributed by atoms with Crippen molar-refractivity contribution in [2.75, 3.05) is 0 Å². The minimum Gasteiger partial charge on any atom is -0.313 e. The van der Waals surface area contributed by atoms with Gasteiger partial charge in [0, 0.05) is 4.88 Å². The first-order valence-electron chi connectivity index (χ1n) is 5.84. The van der Waals surface area contributed by atoms with Gasteiger partial charge >= 0.3 is 0 Å². The Labute approximate surface area is 105 Å². The first-order chi connectivity index (χ1) is 7.87. The predicted molar refractivity (Wildman–Crippen MR) is 72.7 cm³/mol. The van der Waals surface area contributed by atoms with Crippen LogP contribution in [0.1, 0.15) is 44.9 Å². The Morgan fingerprint density at radius 1 is 1.47 bits per heavy atom. The third kappa shape index (κ3) is 2.75. The van der Waals surface area contributed by atoms with Gasteiger partial charge in [0.25, 0.3) is 5.56 Å². The normalized spacial score (nSPS) is 14.1. The molecular formula is C13H18N2OS. The zero-order valence-corrected chi connectivity index (χ0v) is 11.5. The zero-order valence-electron chi connectivity index (χ0n) is 10.7. The fourth-order valence-corrected chi connectivity index (χ4v) is 3.20. The van der Waals surface area contributed by atoms with E-state index < -0.39 is 0 Å². The van der Waals surface area contributed by atoms with Gasteiger partial charge in [-0.15, -0.1) is 11.3 Å². The van der Waals surface area contributed by atoms with Gasteiger partial charge in [-0.25, -0.2) is 4.98 Å². The third-order valence-electron chi connectivity index (χ3n) is 2.76. The fourth-order valence-electron chi connectivity index (χ4n) is 2.15. The molecule has 17 heavy (non-hydrogen) atoms. The summed E-state index contributed by atoms with van der Waals surface area (Å²) in [6.45, 7) is 8.93. The summed E-state index contributed by atoms with van der Waals surface area (Å²) < 4.78 is 0. The van der Waals surface area contributed by atoms with Gasteiger partial charge in [0.15, 0.2) is 0 Å². The highest BCUT2D eigenvalue weighted by Gasteiger charge is 2.19. The van der Waals surface area contributed by atoms with E-state index in [0.29, 0.717) is 16.7 Å². The Balaban J connectivity index is 2.37. The molecule has 1 unspecified atom stereocenters. The molecular weight excluding hydrogens is 232 g/mol. The molecule has 1 N–H and O–H groups in total. The van der Waals surface area contributed by atoms with Crippen LogP contribution >= 0.6 is 11.3 Å². The SMILES string of the molecule is CC(CC(C)(C)C)c1cc2c(=O)[nH]cnc2s1. The van der Waals surface area contributed by atoms with Gasteiger partial charge in [0.2, 0.25) is 0 Å². The van der Waals surface area contributed by atoms with Crippen LogP contribution in [0.3, 0.4) is 0 Å². The molecule has 0 radical (unpaired) electrons. The van der Waals surface area contributed by atoms with Gasteiger partial charge in [-0.1, -0.05) is 27.7 Å². The minimum atomic E-state index is -0.0412. The Kier molecular flexibility index (Phi) is 3.08. The molecule has 0 amide bonds. The monoisotopic (exact) mass is 250 g/mol. The van der Waals surface area contributed by atoms with Crippen molar-refractivity contribution in [3.63, 3.8) is 0 Å². The number of H-pyrrole nitrogens is 1. The third-order valence-corrected chi connectivity index (χ3v) is 4.03. The van der Waals surface area contributed by atoms with Crippen LogP contribution in [0.4, 0.5) is 0 Å². The van der Waals surface area contributed by atoms with E-state index in [1.807, 2.05) is 6.07 Å². The molecule has 2 heterocycles. The summed E-state index contributed by atoms with van der Waals surface area (Å²) in [5, 5.41) is 0.716. The summed E-state index contributed by atoms with van der Waals surface area (Å²) in [4.78, 5) is 20.5. The number of hydrogen-bond acceptors (Lipinski definition) is 3. The van der Waals surface area contributed by atoms with Gasteiger partial charge in [0.05, 0.1) is 11.7 Å². The minimum absolute atomic E-state index is 0.0412. The number of aromatic amines is 1. The molecule has 0 bridgehead atoms. The van der Waals surface area contributed by atoms with Crippen molar-refractivity contribution in [2.24, 2.45) is 5.41 Å². The second-order valence-corrected chi connectivity index (χ2v) is 6.83. The van der Waals surface area contributed by atoms with Crippen molar-refractivity contribution in [3.05, 3.63) is 27.6 Å². The van der Waals surface area contributed by atoms with E-state index >= 15 is 0 Å². The fraction of sp³-hybridized carbons (Fsp3) is 0.538. The van der Waals surface area contributed by atoms with Crippen molar-refractivity contribution in [2.45, 2.75) is 40.0 Å². The van der Waals surface area contributed by atoms with Crippen LogP contribution in [-0.4, -0.2) is 9.97 Å². The molecule has 2 aromatic rings. The Hall–Kier alpha value is -1.16. The van der Waals surface area contributed by atoms with Crippen molar-refractivity contribution in [1.29, 1.82) is 0 Å². The number of rotatable bonds is 2. The zero-order chi connectivity index (χ0) is 12.6. The molecule has 0 aliphatic rings. The van der Waals surface area contributed by atoms with Gasteiger partial charge in [-0.3, -0.25) is 4.79 Å². The van der Waals surface area contributed by atoms with Crippen LogP contribution < -0.4 is 5.56 Å². The molecule has 92 valence electrons. The van der Waals surface area contributed by atoms with Crippen molar-refractivity contribution < 1.29 is 0 Å². The highest BCUT2D eigenvalue weighted by molar-refractivity contribution is 7.18. The maximum absolute atomic E-state index is 11.6. The summed E-state index contributed by atoms with van der Waals surface area (Å²) in [6, 6.07) is 1.99. The lowest BCUT2D eigenvalue weighted by Crippen LogP contribution is -2.09. The van der Waals surface area contributed by atoms with Crippen LogP contribution in [0, 0.1) is 5.41 Å². The van der Waals surface area contributed by atoms with E-state index in [2.05, 4.69) is 37.7 Å². The molecule has 0 aliphatic carbocycles. The number of fused-ring (bicyclic) bond motifs is 1. The standard InChI is InChI=1S/C13H18N2OS/c1-8(6-13(2,3)4)10-5-9-11(16)14-7-15-12(9)17-10/h5,7-8H,6H2,1-4H3,(H,14,15,16). The smallest absolute Gasteiger partial charge is 0.259 e. The molecule has 0 fully saturated rings. The number of hydrogen-bond donors (Lipinski definition) is 1. The van der Waals surface area contributed by atoms with E-state index in [1.165, 1.54) is 11.2 Å². The Morgan fingerprint density at radius 2 is 2.18 bits per heavy atom. The lowest BCUT2D eigenvalue weighted by Gasteiger charge is -2.22. The molecule has 0 spiro atoms. The van der Waals surface area contributed by atoms with Crippen molar-refractivity contribution in [1.82, 2.24) is 9.97 Å². The lowest BCUT2D eigenvalue weighted by molar-refractivity contribution is 0.351. The van der Waals surface area contributed by atoms with Crippen LogP contribution in [-0.2, 0) is 0 Å². The average molecular weight is 250 g/mol. The second kappa shape index (κ2) is 4.26. The Morgan fingerprint density at radius 3 is 2.76 bits per heavy atom. The summed E-state index contributed by atoms with van der Waals surface area (Å²) >= 11 is 1.63. The van der Waals surface area contributed by atoms with Crippen LogP contribution in [0.5, 0.6) is 0 Å². The second-order valence-electron chi connectivity index (χ2n) is 5.77. The average Bonchev–Trinajstić information content (AvgIpc) is 2.60. The molecule has 3 nitrogen and oxygen atoms in total. The number of thiophene rings is 1. The summed E-state index contributed by atoms with van der Waals surface area (Å²) in [6.07, 6.45) is 2.58. The summed E-state index contributed by atoms with van der Waals surface area (Å²) in [5.41, 5.74) is 0.260. The molecule has 1 atom stereocenters. The molecule has 0 aliphatic heterocycles. The maximum Gasteiger partial charge on any atom is 0.259 e. The first-order valence-corrected chi connectivity index (χ1v) is 6.65. The largest absolute Gasteiger partial charge is 0.313 e. The Bertz CT molecular complexity index is 577. The van der Waals surface area contributed by atoms with Crippen LogP contribution in [0.25, 0.3) is 10.2 Å². The summed E-state index contributed by atoms with van der Waals surface area (Å²) in [7, 11) is 0. The maximum atomic E-state index is 11.6. The number of nitrogens with one attached hydrogen (secondary N) is 1. The van der Waals surface area contributed by atoms with E-state index in [-0.39, 0.29) is 5.56 Å². The van der Waals surface area contributed by atoms with Gasteiger partial charge in [-0.2, -0.15) is 0 Å². The van der Waals surface area contributed by atoms with Crippen LogP contribution in [0.2, 0.25) is 0 Å². The topological polar surface area (TPSA) is 45.8 Å². The molecule has 4 heteroatoms.